The van der Waals surface area contributed by atoms with Crippen LogP contribution in [0, 0.1) is 19.7 Å². The van der Waals surface area contributed by atoms with Crippen LogP contribution >= 0.6 is 11.6 Å². The number of nitrogens with zero attached hydrogens (tertiary/aromatic N) is 1. The van der Waals surface area contributed by atoms with Gasteiger partial charge in [-0.3, -0.25) is 9.59 Å². The summed E-state index contributed by atoms with van der Waals surface area (Å²) in [6, 6.07) is 9.62. The SMILES string of the molecule is Cc1[nH]c2c(C)ccc(Cl)c2c1CCNC(=O)C1CCC(=O)N1Cc1ccccc1F. The van der Waals surface area contributed by atoms with Crippen molar-refractivity contribution in [2.45, 2.75) is 45.7 Å². The fourth-order valence-corrected chi connectivity index (χ4v) is 4.62. The second kappa shape index (κ2) is 8.71. The molecular weight excluding hydrogens is 417 g/mol. The van der Waals surface area contributed by atoms with Crippen molar-refractivity contribution in [3.8, 4) is 0 Å². The third kappa shape index (κ3) is 4.17. The van der Waals surface area contributed by atoms with Crippen LogP contribution < -0.4 is 5.32 Å². The summed E-state index contributed by atoms with van der Waals surface area (Å²) in [7, 11) is 0. The summed E-state index contributed by atoms with van der Waals surface area (Å²) in [6.07, 6.45) is 1.36. The van der Waals surface area contributed by atoms with Gasteiger partial charge in [-0.1, -0.05) is 35.9 Å². The second-order valence-electron chi connectivity index (χ2n) is 8.05. The Morgan fingerprint density at radius 3 is 2.81 bits per heavy atom. The largest absolute Gasteiger partial charge is 0.358 e. The lowest BCUT2D eigenvalue weighted by molar-refractivity contribution is -0.135. The average molecular weight is 442 g/mol. The maximum absolute atomic E-state index is 14.0. The molecule has 0 bridgehead atoms. The summed E-state index contributed by atoms with van der Waals surface area (Å²) in [5.74, 6) is -0.705. The van der Waals surface area contributed by atoms with Crippen molar-refractivity contribution in [3.05, 3.63) is 69.6 Å². The van der Waals surface area contributed by atoms with Gasteiger partial charge in [0.15, 0.2) is 0 Å². The zero-order valence-electron chi connectivity index (χ0n) is 17.6. The van der Waals surface area contributed by atoms with Crippen LogP contribution in [0.3, 0.4) is 0 Å². The third-order valence-corrected chi connectivity index (χ3v) is 6.35. The van der Waals surface area contributed by atoms with E-state index < -0.39 is 6.04 Å². The van der Waals surface area contributed by atoms with Crippen LogP contribution in [-0.4, -0.2) is 34.3 Å². The standard InChI is InChI=1S/C24H25ClFN3O2/c1-14-7-8-18(25)22-17(15(2)28-23(14)22)11-12-27-24(31)20-9-10-21(30)29(20)13-16-5-3-4-6-19(16)26/h3-8,20,28H,9-13H2,1-2H3,(H,27,31). The maximum atomic E-state index is 14.0. The summed E-state index contributed by atoms with van der Waals surface area (Å²) < 4.78 is 14.0. The van der Waals surface area contributed by atoms with Gasteiger partial charge in [0.1, 0.15) is 11.9 Å². The number of carbonyl (C=O) groups is 2. The van der Waals surface area contributed by atoms with Gasteiger partial charge >= 0.3 is 0 Å². The summed E-state index contributed by atoms with van der Waals surface area (Å²) in [5, 5.41) is 4.63. The quantitative estimate of drug-likeness (QED) is 0.594. The highest BCUT2D eigenvalue weighted by Crippen LogP contribution is 2.31. The average Bonchev–Trinajstić information content (AvgIpc) is 3.27. The Kier molecular flexibility index (Phi) is 6.01. The first-order chi connectivity index (χ1) is 14.9. The highest BCUT2D eigenvalue weighted by atomic mass is 35.5. The molecule has 1 unspecified atom stereocenters. The van der Waals surface area contributed by atoms with Gasteiger partial charge < -0.3 is 15.2 Å². The van der Waals surface area contributed by atoms with Gasteiger partial charge in [0.05, 0.1) is 10.5 Å². The fourth-order valence-electron chi connectivity index (χ4n) is 4.34. The molecular formula is C24H25ClFN3O2. The number of likely N-dealkylation sites (tertiary alicyclic amines) is 1. The predicted octanol–water partition coefficient (Wildman–Crippen LogP) is 4.43. The Bertz CT molecular complexity index is 1160. The van der Waals surface area contributed by atoms with Crippen molar-refractivity contribution in [2.75, 3.05) is 6.54 Å². The van der Waals surface area contributed by atoms with Crippen LogP contribution in [-0.2, 0) is 22.6 Å². The molecule has 31 heavy (non-hydrogen) atoms. The molecule has 0 radical (unpaired) electrons. The van der Waals surface area contributed by atoms with Gasteiger partial charge in [0.25, 0.3) is 0 Å². The van der Waals surface area contributed by atoms with Gasteiger partial charge in [-0.2, -0.15) is 0 Å². The smallest absolute Gasteiger partial charge is 0.242 e. The number of halogens is 2. The number of aromatic amines is 1. The summed E-state index contributed by atoms with van der Waals surface area (Å²) >= 11 is 6.44. The molecule has 3 aromatic rings. The number of aryl methyl sites for hydroxylation is 2. The predicted molar refractivity (Wildman–Crippen MR) is 119 cm³/mol. The van der Waals surface area contributed by atoms with Gasteiger partial charge in [0, 0.05) is 36.2 Å². The molecule has 0 spiro atoms. The first kappa shape index (κ1) is 21.4. The number of amides is 2. The third-order valence-electron chi connectivity index (χ3n) is 6.03. The Balaban J connectivity index is 1.44. The molecule has 2 aromatic carbocycles. The molecule has 1 fully saturated rings. The molecule has 2 N–H and O–H groups in total. The van der Waals surface area contributed by atoms with E-state index in [2.05, 4.69) is 10.3 Å². The van der Waals surface area contributed by atoms with Crippen molar-refractivity contribution in [1.29, 1.82) is 0 Å². The van der Waals surface area contributed by atoms with Crippen LogP contribution in [0.2, 0.25) is 5.02 Å². The van der Waals surface area contributed by atoms with E-state index in [9.17, 15) is 14.0 Å². The van der Waals surface area contributed by atoms with E-state index in [1.165, 1.54) is 11.0 Å². The zero-order valence-corrected chi connectivity index (χ0v) is 18.4. The second-order valence-corrected chi connectivity index (χ2v) is 8.46. The number of rotatable bonds is 6. The zero-order chi connectivity index (χ0) is 22.1. The van der Waals surface area contributed by atoms with E-state index in [4.69, 9.17) is 11.6 Å². The topological polar surface area (TPSA) is 65.2 Å². The first-order valence-corrected chi connectivity index (χ1v) is 10.8. The van der Waals surface area contributed by atoms with Gasteiger partial charge in [-0.25, -0.2) is 4.39 Å². The van der Waals surface area contributed by atoms with Crippen LogP contribution in [0.25, 0.3) is 10.9 Å². The molecule has 2 heterocycles. The van der Waals surface area contributed by atoms with E-state index in [0.29, 0.717) is 36.4 Å². The molecule has 4 rings (SSSR count). The molecule has 1 aliphatic rings. The van der Waals surface area contributed by atoms with Crippen molar-refractivity contribution in [2.24, 2.45) is 0 Å². The molecule has 0 saturated carbocycles. The van der Waals surface area contributed by atoms with Crippen LogP contribution in [0.1, 0.15) is 35.2 Å². The molecule has 1 aromatic heterocycles. The van der Waals surface area contributed by atoms with E-state index in [-0.39, 0.29) is 24.2 Å². The lowest BCUT2D eigenvalue weighted by Crippen LogP contribution is -2.44. The fraction of sp³-hybridized carbons (Fsp3) is 0.333. The minimum atomic E-state index is -0.581. The van der Waals surface area contributed by atoms with Gasteiger partial charge in [-0.05, 0) is 49.9 Å². The number of nitrogens with one attached hydrogen (secondary N) is 2. The van der Waals surface area contributed by atoms with Crippen molar-refractivity contribution in [1.82, 2.24) is 15.2 Å². The molecule has 1 saturated heterocycles. The van der Waals surface area contributed by atoms with Crippen LogP contribution in [0.15, 0.2) is 36.4 Å². The molecule has 1 atom stereocenters. The van der Waals surface area contributed by atoms with Crippen molar-refractivity contribution >= 4 is 34.3 Å². The van der Waals surface area contributed by atoms with E-state index in [1.54, 1.807) is 18.2 Å². The number of fused-ring (bicyclic) bond motifs is 1. The maximum Gasteiger partial charge on any atom is 0.242 e. The van der Waals surface area contributed by atoms with Crippen LogP contribution in [0.4, 0.5) is 4.39 Å². The lowest BCUT2D eigenvalue weighted by atomic mass is 10.1. The van der Waals surface area contributed by atoms with E-state index in [1.807, 2.05) is 26.0 Å². The molecule has 7 heteroatoms. The van der Waals surface area contributed by atoms with E-state index >= 15 is 0 Å². The molecule has 5 nitrogen and oxygen atoms in total. The Labute approximate surface area is 185 Å². The summed E-state index contributed by atoms with van der Waals surface area (Å²) in [4.78, 5) is 30.0. The van der Waals surface area contributed by atoms with E-state index in [0.717, 1.165) is 27.7 Å². The number of hydrogen-bond donors (Lipinski definition) is 2. The normalized spacial score (nSPS) is 16.3. The molecule has 2 amide bonds. The minimum absolute atomic E-state index is 0.0973. The highest BCUT2D eigenvalue weighted by molar-refractivity contribution is 6.35. The summed E-state index contributed by atoms with van der Waals surface area (Å²) in [5.41, 5.74) is 4.65. The van der Waals surface area contributed by atoms with Gasteiger partial charge in [0.2, 0.25) is 11.8 Å². The van der Waals surface area contributed by atoms with Crippen molar-refractivity contribution < 1.29 is 14.0 Å². The number of carbonyl (C=O) groups excluding carboxylic acids is 2. The lowest BCUT2D eigenvalue weighted by Gasteiger charge is -2.24. The number of H-pyrrole nitrogens is 1. The first-order valence-electron chi connectivity index (χ1n) is 10.4. The van der Waals surface area contributed by atoms with Crippen LogP contribution in [0.5, 0.6) is 0 Å². The highest BCUT2D eigenvalue weighted by Gasteiger charge is 2.36. The monoisotopic (exact) mass is 441 g/mol. The number of hydrogen-bond acceptors (Lipinski definition) is 2. The minimum Gasteiger partial charge on any atom is -0.358 e. The Morgan fingerprint density at radius 1 is 1.26 bits per heavy atom. The van der Waals surface area contributed by atoms with Gasteiger partial charge in [-0.15, -0.1) is 0 Å². The molecule has 162 valence electrons. The summed E-state index contributed by atoms with van der Waals surface area (Å²) in [6.45, 7) is 4.55. The Morgan fingerprint density at radius 2 is 2.03 bits per heavy atom. The molecule has 0 aliphatic carbocycles. The number of aromatic nitrogens is 1. The molecule has 1 aliphatic heterocycles. The van der Waals surface area contributed by atoms with Crippen molar-refractivity contribution in [3.63, 3.8) is 0 Å². The Hall–Kier alpha value is -2.86. The number of benzene rings is 2.